The summed E-state index contributed by atoms with van der Waals surface area (Å²) in [6, 6.07) is -1.31. The maximum atomic E-state index is 12.2. The number of carboxylic acids is 1. The quantitative estimate of drug-likeness (QED) is 0.831. The topological polar surface area (TPSA) is 78.9 Å². The zero-order valence-electron chi connectivity index (χ0n) is 13.5. The molecule has 21 heavy (non-hydrogen) atoms. The number of nitrogens with one attached hydrogen (secondary N) is 1. The van der Waals surface area contributed by atoms with Crippen molar-refractivity contribution in [1.29, 1.82) is 0 Å². The molecule has 122 valence electrons. The summed E-state index contributed by atoms with van der Waals surface area (Å²) in [6.45, 7) is 8.01. The second-order valence-corrected chi connectivity index (χ2v) is 6.78. The van der Waals surface area contributed by atoms with Gasteiger partial charge in [-0.15, -0.1) is 0 Å². The molecule has 0 bridgehead atoms. The summed E-state index contributed by atoms with van der Waals surface area (Å²) >= 11 is 0. The summed E-state index contributed by atoms with van der Waals surface area (Å²) in [5, 5.41) is 11.6. The highest BCUT2D eigenvalue weighted by Crippen LogP contribution is 2.34. The van der Waals surface area contributed by atoms with Gasteiger partial charge in [0, 0.05) is 20.2 Å². The Morgan fingerprint density at radius 3 is 2.52 bits per heavy atom. The van der Waals surface area contributed by atoms with E-state index in [1.165, 1.54) is 7.11 Å². The Morgan fingerprint density at radius 2 is 2.00 bits per heavy atom. The first-order valence-electron chi connectivity index (χ1n) is 7.53. The maximum absolute atomic E-state index is 12.2. The molecule has 1 fully saturated rings. The highest BCUT2D eigenvalue weighted by Gasteiger charge is 2.29. The third-order valence-corrected chi connectivity index (χ3v) is 4.17. The summed E-state index contributed by atoms with van der Waals surface area (Å²) in [5.74, 6) is -0.489. The van der Waals surface area contributed by atoms with Crippen LogP contribution in [0.1, 0.15) is 40.0 Å². The predicted molar refractivity (Wildman–Crippen MR) is 80.2 cm³/mol. The van der Waals surface area contributed by atoms with Crippen LogP contribution in [0.25, 0.3) is 0 Å². The van der Waals surface area contributed by atoms with Crippen LogP contribution in [0.5, 0.6) is 0 Å². The largest absolute Gasteiger partial charge is 0.480 e. The Morgan fingerprint density at radius 1 is 1.33 bits per heavy atom. The first-order valence-corrected chi connectivity index (χ1v) is 7.53. The molecule has 1 heterocycles. The molecule has 0 saturated carbocycles. The highest BCUT2D eigenvalue weighted by molar-refractivity contribution is 5.82. The lowest BCUT2D eigenvalue weighted by Gasteiger charge is -2.30. The van der Waals surface area contributed by atoms with Crippen LogP contribution in [-0.2, 0) is 9.53 Å². The van der Waals surface area contributed by atoms with Crippen LogP contribution >= 0.6 is 0 Å². The number of hydrogen-bond donors (Lipinski definition) is 2. The van der Waals surface area contributed by atoms with Crippen molar-refractivity contribution in [3.63, 3.8) is 0 Å². The van der Waals surface area contributed by atoms with Crippen molar-refractivity contribution in [2.24, 2.45) is 11.3 Å². The van der Waals surface area contributed by atoms with Gasteiger partial charge in [-0.1, -0.05) is 20.8 Å². The lowest BCUT2D eigenvalue weighted by atomic mass is 9.77. The molecule has 1 saturated heterocycles. The number of carbonyl (C=O) groups is 2. The van der Waals surface area contributed by atoms with Gasteiger partial charge in [0.15, 0.2) is 6.04 Å². The van der Waals surface area contributed by atoms with Gasteiger partial charge in [0.25, 0.3) is 0 Å². The molecule has 2 N–H and O–H groups in total. The van der Waals surface area contributed by atoms with Crippen molar-refractivity contribution in [3.05, 3.63) is 0 Å². The summed E-state index contributed by atoms with van der Waals surface area (Å²) < 4.78 is 4.83. The van der Waals surface area contributed by atoms with E-state index in [0.29, 0.717) is 19.0 Å². The molecule has 0 aliphatic carbocycles. The van der Waals surface area contributed by atoms with Crippen molar-refractivity contribution in [1.82, 2.24) is 10.2 Å². The first-order chi connectivity index (χ1) is 9.75. The number of hydrogen-bond acceptors (Lipinski definition) is 3. The summed E-state index contributed by atoms with van der Waals surface area (Å²) in [5.41, 5.74) is 0.242. The van der Waals surface area contributed by atoms with Crippen molar-refractivity contribution in [2.45, 2.75) is 46.1 Å². The molecule has 0 aromatic rings. The fourth-order valence-electron chi connectivity index (χ4n) is 2.75. The highest BCUT2D eigenvalue weighted by atomic mass is 16.5. The van der Waals surface area contributed by atoms with Crippen LogP contribution in [0.4, 0.5) is 4.79 Å². The van der Waals surface area contributed by atoms with Gasteiger partial charge < -0.3 is 20.1 Å². The minimum Gasteiger partial charge on any atom is -0.480 e. The average Bonchev–Trinajstić information content (AvgIpc) is 2.63. The van der Waals surface area contributed by atoms with Gasteiger partial charge in [-0.25, -0.2) is 9.59 Å². The number of likely N-dealkylation sites (tertiary alicyclic amines) is 1. The smallest absolute Gasteiger partial charge is 0.328 e. The molecular weight excluding hydrogens is 272 g/mol. The molecule has 1 aliphatic heterocycles. The summed E-state index contributed by atoms with van der Waals surface area (Å²) in [6.07, 6.45) is 3.02. The maximum Gasteiger partial charge on any atom is 0.328 e. The number of urea groups is 1. The van der Waals surface area contributed by atoms with Crippen molar-refractivity contribution in [2.75, 3.05) is 26.8 Å². The van der Waals surface area contributed by atoms with E-state index in [1.54, 1.807) is 4.90 Å². The van der Waals surface area contributed by atoms with Crippen LogP contribution in [-0.4, -0.2) is 54.9 Å². The third-order valence-electron chi connectivity index (χ3n) is 4.17. The minimum absolute atomic E-state index is 0.0282. The van der Waals surface area contributed by atoms with Gasteiger partial charge in [-0.3, -0.25) is 0 Å². The Hall–Kier alpha value is -1.30. The van der Waals surface area contributed by atoms with Gasteiger partial charge in [-0.05, 0) is 30.6 Å². The van der Waals surface area contributed by atoms with Crippen LogP contribution in [0.3, 0.4) is 0 Å². The molecule has 1 rings (SSSR count). The fraction of sp³-hybridized carbons (Fsp3) is 0.867. The van der Waals surface area contributed by atoms with E-state index >= 15 is 0 Å². The number of carboxylic acid groups (broad SMARTS) is 1. The lowest BCUT2D eigenvalue weighted by molar-refractivity contribution is -0.140. The SMILES string of the molecule is COCC(NC(=O)N1CCCC(C(C)(C)C)CC1)C(=O)O. The number of ether oxygens (including phenoxy) is 1. The molecule has 0 aromatic carbocycles. The second-order valence-electron chi connectivity index (χ2n) is 6.78. The van der Waals surface area contributed by atoms with Crippen LogP contribution < -0.4 is 5.32 Å². The van der Waals surface area contributed by atoms with Crippen molar-refractivity contribution in [3.8, 4) is 0 Å². The Labute approximate surface area is 126 Å². The van der Waals surface area contributed by atoms with E-state index in [1.807, 2.05) is 0 Å². The van der Waals surface area contributed by atoms with E-state index in [0.717, 1.165) is 19.3 Å². The zero-order chi connectivity index (χ0) is 16.0. The molecule has 6 nitrogen and oxygen atoms in total. The number of nitrogens with zero attached hydrogens (tertiary/aromatic N) is 1. The lowest BCUT2D eigenvalue weighted by Crippen LogP contribution is -2.50. The first kappa shape index (κ1) is 17.8. The monoisotopic (exact) mass is 300 g/mol. The van der Waals surface area contributed by atoms with E-state index < -0.39 is 12.0 Å². The molecule has 0 spiro atoms. The van der Waals surface area contributed by atoms with E-state index in [-0.39, 0.29) is 18.1 Å². The van der Waals surface area contributed by atoms with Crippen molar-refractivity contribution >= 4 is 12.0 Å². The number of carbonyl (C=O) groups excluding carboxylic acids is 1. The van der Waals surface area contributed by atoms with Crippen molar-refractivity contribution < 1.29 is 19.4 Å². The van der Waals surface area contributed by atoms with Gasteiger partial charge in [0.2, 0.25) is 0 Å². The molecule has 0 aromatic heterocycles. The molecule has 2 atom stereocenters. The summed E-state index contributed by atoms with van der Waals surface area (Å²) in [4.78, 5) is 25.0. The number of aliphatic carboxylic acids is 1. The van der Waals surface area contributed by atoms with Gasteiger partial charge in [-0.2, -0.15) is 0 Å². The zero-order valence-corrected chi connectivity index (χ0v) is 13.5. The minimum atomic E-state index is -1.08. The van der Waals surface area contributed by atoms with E-state index in [2.05, 4.69) is 26.1 Å². The Kier molecular flexibility index (Phi) is 6.45. The predicted octanol–water partition coefficient (Wildman–Crippen LogP) is 1.94. The molecule has 6 heteroatoms. The molecule has 2 unspecified atom stereocenters. The molecule has 1 aliphatic rings. The van der Waals surface area contributed by atoms with Crippen LogP contribution in [0.15, 0.2) is 0 Å². The fourth-order valence-corrected chi connectivity index (χ4v) is 2.75. The number of amides is 2. The van der Waals surface area contributed by atoms with Crippen LogP contribution in [0, 0.1) is 11.3 Å². The molecule has 2 amide bonds. The van der Waals surface area contributed by atoms with Gasteiger partial charge >= 0.3 is 12.0 Å². The van der Waals surface area contributed by atoms with E-state index in [9.17, 15) is 9.59 Å². The Bertz CT molecular complexity index is 365. The molecular formula is C15H28N2O4. The second kappa shape index (κ2) is 7.64. The standard InChI is InChI=1S/C15H28N2O4/c1-15(2,3)11-6-5-8-17(9-7-11)14(20)16-12(10-21-4)13(18)19/h11-12H,5-10H2,1-4H3,(H,16,20)(H,18,19). The van der Waals surface area contributed by atoms with Gasteiger partial charge in [0.05, 0.1) is 6.61 Å². The average molecular weight is 300 g/mol. The third kappa shape index (κ3) is 5.53. The molecule has 0 radical (unpaired) electrons. The summed E-state index contributed by atoms with van der Waals surface area (Å²) in [7, 11) is 1.42. The Balaban J connectivity index is 2.57. The van der Waals surface area contributed by atoms with Gasteiger partial charge in [0.1, 0.15) is 0 Å². The normalized spacial score (nSPS) is 21.5. The van der Waals surface area contributed by atoms with Crippen LogP contribution in [0.2, 0.25) is 0 Å². The number of methoxy groups -OCH3 is 1. The van der Waals surface area contributed by atoms with E-state index in [4.69, 9.17) is 9.84 Å². The number of rotatable bonds is 4.